The number of carbonyl (C=O) groups excluding carboxylic acids is 2. The first-order valence-electron chi connectivity index (χ1n) is 13.6. The van der Waals surface area contributed by atoms with Gasteiger partial charge in [0, 0.05) is 12.6 Å². The van der Waals surface area contributed by atoms with Crippen molar-refractivity contribution in [3.63, 3.8) is 0 Å². The number of methoxy groups -OCH3 is 2. The molecule has 0 saturated carbocycles. The van der Waals surface area contributed by atoms with Gasteiger partial charge in [-0.3, -0.25) is 13.9 Å². The molecule has 1 N–H and O–H groups in total. The van der Waals surface area contributed by atoms with Crippen molar-refractivity contribution in [2.45, 2.75) is 57.1 Å². The van der Waals surface area contributed by atoms with Gasteiger partial charge in [-0.05, 0) is 61.7 Å². The lowest BCUT2D eigenvalue weighted by atomic mass is 10.1. The highest BCUT2D eigenvalue weighted by Crippen LogP contribution is 2.32. The summed E-state index contributed by atoms with van der Waals surface area (Å²) < 4.78 is 39.8. The molecule has 0 aliphatic carbocycles. The molecule has 0 saturated heterocycles. The minimum absolute atomic E-state index is 0.0274. The SMILES string of the molecule is CC[C@H](C)NC(=O)[C@H](CC)N(Cc1cccc(OC)c1)C(=O)CN(c1ccccc1OC)S(=O)(=O)c1ccccc1. The summed E-state index contributed by atoms with van der Waals surface area (Å²) in [4.78, 5) is 29.1. The Bertz CT molecular complexity index is 1410. The Balaban J connectivity index is 2.09. The van der Waals surface area contributed by atoms with Crippen LogP contribution in [0, 0.1) is 0 Å². The van der Waals surface area contributed by atoms with E-state index in [1.54, 1.807) is 67.8 Å². The third-order valence-electron chi connectivity index (χ3n) is 6.84. The Morgan fingerprint density at radius 3 is 2.20 bits per heavy atom. The summed E-state index contributed by atoms with van der Waals surface area (Å²) in [5.41, 5.74) is 0.952. The zero-order valence-corrected chi connectivity index (χ0v) is 25.1. The fraction of sp³-hybridized carbons (Fsp3) is 0.355. The highest BCUT2D eigenvalue weighted by atomic mass is 32.2. The van der Waals surface area contributed by atoms with Gasteiger partial charge in [-0.2, -0.15) is 0 Å². The van der Waals surface area contributed by atoms with Crippen molar-refractivity contribution >= 4 is 27.5 Å². The molecular formula is C31H39N3O6S. The highest BCUT2D eigenvalue weighted by Gasteiger charge is 2.34. The number of carbonyl (C=O) groups is 2. The topological polar surface area (TPSA) is 105 Å². The summed E-state index contributed by atoms with van der Waals surface area (Å²) in [6.07, 6.45) is 1.06. The molecule has 3 aromatic rings. The van der Waals surface area contributed by atoms with Crippen molar-refractivity contribution < 1.29 is 27.5 Å². The molecule has 3 rings (SSSR count). The molecule has 0 aliphatic heterocycles. The van der Waals surface area contributed by atoms with E-state index in [1.807, 2.05) is 26.8 Å². The Hall–Kier alpha value is -4.05. The molecule has 9 nitrogen and oxygen atoms in total. The first-order valence-corrected chi connectivity index (χ1v) is 15.0. The fourth-order valence-corrected chi connectivity index (χ4v) is 5.84. The van der Waals surface area contributed by atoms with E-state index in [1.165, 1.54) is 24.1 Å². The lowest BCUT2D eigenvalue weighted by Crippen LogP contribution is -2.53. The average molecular weight is 582 g/mol. The molecule has 2 atom stereocenters. The minimum atomic E-state index is -4.19. The Labute approximate surface area is 243 Å². The summed E-state index contributed by atoms with van der Waals surface area (Å²) in [6.45, 7) is 5.22. The van der Waals surface area contributed by atoms with Gasteiger partial charge in [0.15, 0.2) is 0 Å². The number of nitrogens with one attached hydrogen (secondary N) is 1. The van der Waals surface area contributed by atoms with Crippen LogP contribution >= 0.6 is 0 Å². The maximum atomic E-state index is 14.2. The molecule has 0 heterocycles. The normalized spacial score (nSPS) is 12.6. The summed E-state index contributed by atoms with van der Waals surface area (Å²) in [5.74, 6) is 0.0623. The van der Waals surface area contributed by atoms with Crippen molar-refractivity contribution in [1.82, 2.24) is 10.2 Å². The Morgan fingerprint density at radius 2 is 1.56 bits per heavy atom. The van der Waals surface area contributed by atoms with Crippen LogP contribution in [-0.2, 0) is 26.2 Å². The van der Waals surface area contributed by atoms with Crippen molar-refractivity contribution in [1.29, 1.82) is 0 Å². The van der Waals surface area contributed by atoms with Gasteiger partial charge in [-0.15, -0.1) is 0 Å². The van der Waals surface area contributed by atoms with E-state index >= 15 is 0 Å². The molecule has 0 radical (unpaired) electrons. The lowest BCUT2D eigenvalue weighted by molar-refractivity contribution is -0.140. The monoisotopic (exact) mass is 581 g/mol. The van der Waals surface area contributed by atoms with E-state index < -0.39 is 28.5 Å². The van der Waals surface area contributed by atoms with Crippen LogP contribution in [0.1, 0.15) is 39.2 Å². The van der Waals surface area contributed by atoms with Crippen molar-refractivity contribution in [2.75, 3.05) is 25.1 Å². The van der Waals surface area contributed by atoms with Gasteiger partial charge in [0.1, 0.15) is 24.1 Å². The van der Waals surface area contributed by atoms with Gasteiger partial charge in [0.2, 0.25) is 11.8 Å². The summed E-state index contributed by atoms with van der Waals surface area (Å²) in [7, 11) is -1.20. The number of amides is 2. The van der Waals surface area contributed by atoms with E-state index in [4.69, 9.17) is 9.47 Å². The van der Waals surface area contributed by atoms with Crippen molar-refractivity contribution in [2.24, 2.45) is 0 Å². The molecule has 2 amide bonds. The number of rotatable bonds is 14. The summed E-state index contributed by atoms with van der Waals surface area (Å²) >= 11 is 0. The maximum absolute atomic E-state index is 14.2. The van der Waals surface area contributed by atoms with Gasteiger partial charge in [-0.1, -0.05) is 56.3 Å². The third-order valence-corrected chi connectivity index (χ3v) is 8.61. The maximum Gasteiger partial charge on any atom is 0.264 e. The molecular weight excluding hydrogens is 542 g/mol. The number of ether oxygens (including phenoxy) is 2. The standard InChI is InChI=1S/C31H39N3O6S/c1-6-23(3)32-31(36)27(7-2)33(21-24-14-13-15-25(20-24)39-4)30(35)22-34(28-18-11-12-19-29(28)40-5)41(37,38)26-16-9-8-10-17-26/h8-20,23,27H,6-7,21-22H2,1-5H3,(H,32,36)/t23-,27-/m0/s1. The van der Waals surface area contributed by atoms with Crippen LogP contribution in [0.2, 0.25) is 0 Å². The van der Waals surface area contributed by atoms with Crippen LogP contribution in [0.3, 0.4) is 0 Å². The van der Waals surface area contributed by atoms with E-state index in [-0.39, 0.29) is 29.1 Å². The molecule has 0 aromatic heterocycles. The Kier molecular flexibility index (Phi) is 11.2. The zero-order chi connectivity index (χ0) is 30.0. The number of para-hydroxylation sites is 2. The number of hydrogen-bond donors (Lipinski definition) is 1. The predicted octanol–water partition coefficient (Wildman–Crippen LogP) is 4.62. The fourth-order valence-electron chi connectivity index (χ4n) is 4.40. The van der Waals surface area contributed by atoms with Gasteiger partial charge in [0.05, 0.1) is 24.8 Å². The second-order valence-electron chi connectivity index (χ2n) is 9.61. The predicted molar refractivity (Wildman–Crippen MR) is 159 cm³/mol. The van der Waals surface area contributed by atoms with Crippen molar-refractivity contribution in [3.8, 4) is 11.5 Å². The van der Waals surface area contributed by atoms with Crippen molar-refractivity contribution in [3.05, 3.63) is 84.4 Å². The number of anilines is 1. The first-order chi connectivity index (χ1) is 19.7. The van der Waals surface area contributed by atoms with E-state index in [0.717, 1.165) is 16.3 Å². The largest absolute Gasteiger partial charge is 0.497 e. The molecule has 0 bridgehead atoms. The van der Waals surface area contributed by atoms with E-state index in [9.17, 15) is 18.0 Å². The second-order valence-corrected chi connectivity index (χ2v) is 11.5. The second kappa shape index (κ2) is 14.5. The quantitative estimate of drug-likeness (QED) is 0.298. The minimum Gasteiger partial charge on any atom is -0.497 e. The van der Waals surface area contributed by atoms with Gasteiger partial charge in [0.25, 0.3) is 10.0 Å². The van der Waals surface area contributed by atoms with E-state index in [2.05, 4.69) is 5.32 Å². The number of nitrogens with zero attached hydrogens (tertiary/aromatic N) is 2. The zero-order valence-electron chi connectivity index (χ0n) is 24.2. The molecule has 0 spiro atoms. The highest BCUT2D eigenvalue weighted by molar-refractivity contribution is 7.92. The van der Waals surface area contributed by atoms with Gasteiger partial charge < -0.3 is 19.7 Å². The third kappa shape index (κ3) is 7.79. The molecule has 10 heteroatoms. The number of benzene rings is 3. The lowest BCUT2D eigenvalue weighted by Gasteiger charge is -2.34. The molecule has 41 heavy (non-hydrogen) atoms. The van der Waals surface area contributed by atoms with E-state index in [0.29, 0.717) is 17.9 Å². The van der Waals surface area contributed by atoms with Crippen LogP contribution in [-0.4, -0.2) is 58.0 Å². The summed E-state index contributed by atoms with van der Waals surface area (Å²) in [6, 6.07) is 20.8. The molecule has 0 fully saturated rings. The molecule has 0 aliphatic rings. The summed E-state index contributed by atoms with van der Waals surface area (Å²) in [5, 5.41) is 2.97. The number of sulfonamides is 1. The molecule has 0 unspecified atom stereocenters. The van der Waals surface area contributed by atoms with Crippen LogP contribution in [0.25, 0.3) is 0 Å². The smallest absolute Gasteiger partial charge is 0.264 e. The average Bonchev–Trinajstić information content (AvgIpc) is 2.99. The van der Waals surface area contributed by atoms with Gasteiger partial charge >= 0.3 is 0 Å². The van der Waals surface area contributed by atoms with Crippen LogP contribution in [0.5, 0.6) is 11.5 Å². The van der Waals surface area contributed by atoms with Crippen LogP contribution in [0.4, 0.5) is 5.69 Å². The molecule has 3 aromatic carbocycles. The first kappa shape index (κ1) is 31.5. The number of hydrogen-bond acceptors (Lipinski definition) is 6. The van der Waals surface area contributed by atoms with Crippen LogP contribution < -0.4 is 19.1 Å². The Morgan fingerprint density at radius 1 is 0.878 bits per heavy atom. The van der Waals surface area contributed by atoms with Gasteiger partial charge in [-0.25, -0.2) is 8.42 Å². The van der Waals surface area contributed by atoms with Crippen LogP contribution in [0.15, 0.2) is 83.8 Å². The molecule has 220 valence electrons.